The van der Waals surface area contributed by atoms with Crippen molar-refractivity contribution >= 4 is 5.97 Å². The van der Waals surface area contributed by atoms with E-state index in [2.05, 4.69) is 0 Å². The number of methoxy groups -OCH3 is 1. The molecule has 4 heteroatoms. The molecule has 1 aliphatic carbocycles. The largest absolute Gasteiger partial charge is 0.494 e. The van der Waals surface area contributed by atoms with Crippen LogP contribution in [0.25, 0.3) is 0 Å². The molecular formula is C13H15FO3. The molecule has 17 heavy (non-hydrogen) atoms. The number of rotatable bonds is 3. The zero-order valence-corrected chi connectivity index (χ0v) is 9.92. The molecule has 92 valence electrons. The first-order valence-electron chi connectivity index (χ1n) is 5.59. The molecular weight excluding hydrogens is 223 g/mol. The van der Waals surface area contributed by atoms with Crippen LogP contribution >= 0.6 is 0 Å². The summed E-state index contributed by atoms with van der Waals surface area (Å²) in [6.07, 6.45) is 2.03. The minimum absolute atomic E-state index is 0.158. The number of ether oxygens (including phenoxy) is 1. The van der Waals surface area contributed by atoms with Crippen molar-refractivity contribution in [3.05, 3.63) is 29.1 Å². The third-order valence-electron chi connectivity index (χ3n) is 3.63. The fourth-order valence-corrected chi connectivity index (χ4v) is 2.46. The SMILES string of the molecule is COc1cc(C)c(C2(C(=O)O)CCC2)cc1F. The Bertz CT molecular complexity index is 464. The number of benzene rings is 1. The Balaban J connectivity index is 2.52. The summed E-state index contributed by atoms with van der Waals surface area (Å²) in [5, 5.41) is 9.33. The van der Waals surface area contributed by atoms with E-state index in [0.717, 1.165) is 12.0 Å². The highest BCUT2D eigenvalue weighted by molar-refractivity contribution is 5.83. The monoisotopic (exact) mass is 238 g/mol. The van der Waals surface area contributed by atoms with Gasteiger partial charge in [-0.15, -0.1) is 0 Å². The summed E-state index contributed by atoms with van der Waals surface area (Å²) in [4.78, 5) is 11.4. The maximum absolute atomic E-state index is 13.7. The number of carbonyl (C=O) groups is 1. The average molecular weight is 238 g/mol. The third kappa shape index (κ3) is 1.68. The summed E-state index contributed by atoms with van der Waals surface area (Å²) in [5.41, 5.74) is 0.455. The fourth-order valence-electron chi connectivity index (χ4n) is 2.46. The second-order valence-electron chi connectivity index (χ2n) is 4.54. The van der Waals surface area contributed by atoms with Crippen LogP contribution in [0.3, 0.4) is 0 Å². The standard InChI is InChI=1S/C13H15FO3/c1-8-6-11(17-2)10(14)7-9(8)13(12(15)16)4-3-5-13/h6-7H,3-5H2,1-2H3,(H,15,16). The Kier molecular flexibility index (Phi) is 2.81. The van der Waals surface area contributed by atoms with E-state index in [1.54, 1.807) is 13.0 Å². The fraction of sp³-hybridized carbons (Fsp3) is 0.462. The molecule has 0 heterocycles. The second kappa shape index (κ2) is 4.02. The quantitative estimate of drug-likeness (QED) is 0.880. The molecule has 0 radical (unpaired) electrons. The maximum atomic E-state index is 13.7. The van der Waals surface area contributed by atoms with E-state index in [4.69, 9.17) is 4.74 Å². The van der Waals surface area contributed by atoms with E-state index in [9.17, 15) is 14.3 Å². The van der Waals surface area contributed by atoms with Crippen molar-refractivity contribution in [1.82, 2.24) is 0 Å². The molecule has 0 spiro atoms. The Morgan fingerprint density at radius 2 is 2.12 bits per heavy atom. The first-order valence-corrected chi connectivity index (χ1v) is 5.59. The maximum Gasteiger partial charge on any atom is 0.314 e. The van der Waals surface area contributed by atoms with E-state index >= 15 is 0 Å². The van der Waals surface area contributed by atoms with E-state index in [1.807, 2.05) is 0 Å². The van der Waals surface area contributed by atoms with E-state index in [-0.39, 0.29) is 5.75 Å². The smallest absolute Gasteiger partial charge is 0.314 e. The van der Waals surface area contributed by atoms with Gasteiger partial charge in [-0.05, 0) is 43.0 Å². The summed E-state index contributed by atoms with van der Waals surface area (Å²) in [5.74, 6) is -1.21. The molecule has 1 saturated carbocycles. The molecule has 2 rings (SSSR count). The van der Waals surface area contributed by atoms with Crippen molar-refractivity contribution in [3.8, 4) is 5.75 Å². The third-order valence-corrected chi connectivity index (χ3v) is 3.63. The Morgan fingerprint density at radius 3 is 2.53 bits per heavy atom. The first-order chi connectivity index (χ1) is 8.01. The van der Waals surface area contributed by atoms with Gasteiger partial charge in [-0.2, -0.15) is 0 Å². The van der Waals surface area contributed by atoms with E-state index < -0.39 is 17.2 Å². The van der Waals surface area contributed by atoms with Crippen LogP contribution in [0.4, 0.5) is 4.39 Å². The van der Waals surface area contributed by atoms with Crippen LogP contribution in [0.2, 0.25) is 0 Å². The van der Waals surface area contributed by atoms with Crippen molar-refractivity contribution in [2.24, 2.45) is 0 Å². The summed E-state index contributed by atoms with van der Waals surface area (Å²) in [7, 11) is 1.40. The highest BCUT2D eigenvalue weighted by atomic mass is 19.1. The van der Waals surface area contributed by atoms with Gasteiger partial charge < -0.3 is 9.84 Å². The Labute approximate surface area is 99.2 Å². The molecule has 1 fully saturated rings. The minimum atomic E-state index is -0.892. The van der Waals surface area contributed by atoms with Crippen LogP contribution < -0.4 is 4.74 Å². The van der Waals surface area contributed by atoms with Gasteiger partial charge in [0.2, 0.25) is 0 Å². The summed E-state index contributed by atoms with van der Waals surface area (Å²) < 4.78 is 18.5. The number of aliphatic carboxylic acids is 1. The zero-order chi connectivity index (χ0) is 12.6. The average Bonchev–Trinajstić information content (AvgIpc) is 2.20. The van der Waals surface area contributed by atoms with Gasteiger partial charge in [0.05, 0.1) is 12.5 Å². The second-order valence-corrected chi connectivity index (χ2v) is 4.54. The van der Waals surface area contributed by atoms with Gasteiger partial charge in [0.25, 0.3) is 0 Å². The van der Waals surface area contributed by atoms with Crippen LogP contribution in [0.1, 0.15) is 30.4 Å². The zero-order valence-electron chi connectivity index (χ0n) is 9.92. The lowest BCUT2D eigenvalue weighted by Gasteiger charge is -2.39. The predicted molar refractivity (Wildman–Crippen MR) is 60.9 cm³/mol. The van der Waals surface area contributed by atoms with Crippen molar-refractivity contribution in [3.63, 3.8) is 0 Å². The van der Waals surface area contributed by atoms with Gasteiger partial charge in [-0.25, -0.2) is 4.39 Å². The van der Waals surface area contributed by atoms with Gasteiger partial charge in [0.1, 0.15) is 0 Å². The van der Waals surface area contributed by atoms with Crippen molar-refractivity contribution in [1.29, 1.82) is 0 Å². The predicted octanol–water partition coefficient (Wildman–Crippen LogP) is 2.65. The number of hydrogen-bond acceptors (Lipinski definition) is 2. The van der Waals surface area contributed by atoms with Crippen molar-refractivity contribution in [2.45, 2.75) is 31.6 Å². The van der Waals surface area contributed by atoms with Gasteiger partial charge in [-0.1, -0.05) is 6.42 Å². The number of carboxylic acid groups (broad SMARTS) is 1. The molecule has 1 aliphatic rings. The summed E-state index contributed by atoms with van der Waals surface area (Å²) >= 11 is 0. The molecule has 1 aromatic carbocycles. The lowest BCUT2D eigenvalue weighted by Crippen LogP contribution is -2.43. The normalized spacial score (nSPS) is 17.4. The van der Waals surface area contributed by atoms with Crippen LogP contribution in [0.15, 0.2) is 12.1 Å². The van der Waals surface area contributed by atoms with Crippen LogP contribution in [0, 0.1) is 12.7 Å². The minimum Gasteiger partial charge on any atom is -0.494 e. The molecule has 1 aromatic rings. The molecule has 0 atom stereocenters. The topological polar surface area (TPSA) is 46.5 Å². The molecule has 0 aromatic heterocycles. The number of halogens is 1. The molecule has 3 nitrogen and oxygen atoms in total. The Hall–Kier alpha value is -1.58. The van der Waals surface area contributed by atoms with Gasteiger partial charge >= 0.3 is 5.97 Å². The number of carboxylic acids is 1. The first kappa shape index (κ1) is 11.9. The van der Waals surface area contributed by atoms with Crippen LogP contribution in [-0.2, 0) is 10.2 Å². The van der Waals surface area contributed by atoms with E-state index in [1.165, 1.54) is 13.2 Å². The van der Waals surface area contributed by atoms with Crippen LogP contribution in [-0.4, -0.2) is 18.2 Å². The van der Waals surface area contributed by atoms with E-state index in [0.29, 0.717) is 18.4 Å². The summed E-state index contributed by atoms with van der Waals surface area (Å²) in [6.45, 7) is 1.79. The molecule has 0 amide bonds. The molecule has 1 N–H and O–H groups in total. The van der Waals surface area contributed by atoms with Crippen molar-refractivity contribution < 1.29 is 19.0 Å². The lowest BCUT2D eigenvalue weighted by molar-refractivity contribution is -0.147. The molecule has 0 saturated heterocycles. The van der Waals surface area contributed by atoms with Crippen LogP contribution in [0.5, 0.6) is 5.75 Å². The summed E-state index contributed by atoms with van der Waals surface area (Å²) in [6, 6.07) is 2.87. The highest BCUT2D eigenvalue weighted by Gasteiger charge is 2.47. The Morgan fingerprint density at radius 1 is 1.47 bits per heavy atom. The molecule has 0 unspecified atom stereocenters. The molecule has 0 aliphatic heterocycles. The van der Waals surface area contributed by atoms with Gasteiger partial charge in [0, 0.05) is 0 Å². The van der Waals surface area contributed by atoms with Gasteiger partial charge in [-0.3, -0.25) is 4.79 Å². The van der Waals surface area contributed by atoms with Crippen molar-refractivity contribution in [2.75, 3.05) is 7.11 Å². The molecule has 0 bridgehead atoms. The number of aryl methyl sites for hydroxylation is 1. The lowest BCUT2D eigenvalue weighted by atomic mass is 9.63. The highest BCUT2D eigenvalue weighted by Crippen LogP contribution is 2.46. The number of hydrogen-bond donors (Lipinski definition) is 1. The van der Waals surface area contributed by atoms with Gasteiger partial charge in [0.15, 0.2) is 11.6 Å².